The van der Waals surface area contributed by atoms with Crippen LogP contribution in [-0.2, 0) is 21.2 Å². The molecule has 8 heteroatoms. The molecule has 0 atom stereocenters. The Morgan fingerprint density at radius 1 is 1.16 bits per heavy atom. The van der Waals surface area contributed by atoms with Gasteiger partial charge in [-0.15, -0.1) is 0 Å². The molecule has 0 spiro atoms. The number of aliphatic hydroxyl groups excluding tert-OH is 1. The van der Waals surface area contributed by atoms with Gasteiger partial charge in [0.05, 0.1) is 24.0 Å². The van der Waals surface area contributed by atoms with Gasteiger partial charge in [0, 0.05) is 18.8 Å². The highest BCUT2D eigenvalue weighted by Crippen LogP contribution is 2.24. The minimum atomic E-state index is -3.74. The molecule has 2 aromatic rings. The summed E-state index contributed by atoms with van der Waals surface area (Å²) in [5.41, 5.74) is 2.00. The van der Waals surface area contributed by atoms with Crippen LogP contribution in [0, 0.1) is 6.92 Å². The first-order valence-corrected chi connectivity index (χ1v) is 12.1. The van der Waals surface area contributed by atoms with Crippen molar-refractivity contribution in [3.05, 3.63) is 53.6 Å². The molecule has 1 aliphatic heterocycles. The van der Waals surface area contributed by atoms with Gasteiger partial charge >= 0.3 is 0 Å². The van der Waals surface area contributed by atoms with Crippen LogP contribution in [0.3, 0.4) is 0 Å². The molecular formula is C23H30N2O5S. The summed E-state index contributed by atoms with van der Waals surface area (Å²) in [6.07, 6.45) is 2.03. The molecule has 2 N–H and O–H groups in total. The molecule has 0 aromatic heterocycles. The van der Waals surface area contributed by atoms with Gasteiger partial charge in [-0.25, -0.2) is 8.42 Å². The summed E-state index contributed by atoms with van der Waals surface area (Å²) in [6.45, 7) is 5.55. The Balaban J connectivity index is 1.62. The summed E-state index contributed by atoms with van der Waals surface area (Å²) in [4.78, 5) is 14.4. The fraction of sp³-hybridized carbons (Fsp3) is 0.435. The number of likely N-dealkylation sites (tertiary alicyclic amines) is 1. The van der Waals surface area contributed by atoms with E-state index in [1.165, 1.54) is 6.07 Å². The zero-order valence-corrected chi connectivity index (χ0v) is 18.8. The number of carbonyl (C=O) groups excluding carboxylic acids is 1. The van der Waals surface area contributed by atoms with E-state index in [9.17, 15) is 18.3 Å². The first-order valence-electron chi connectivity index (χ1n) is 10.6. The second-order valence-corrected chi connectivity index (χ2v) is 9.55. The highest BCUT2D eigenvalue weighted by molar-refractivity contribution is 7.92. The van der Waals surface area contributed by atoms with Crippen LogP contribution in [0.25, 0.3) is 0 Å². The van der Waals surface area contributed by atoms with Crippen molar-refractivity contribution in [1.82, 2.24) is 4.90 Å². The number of anilines is 1. The third kappa shape index (κ3) is 6.21. The SMILES string of the molecule is CCCOc1ccc(S(=O)(=O)Nc2ccc(CC(=O)N3CCC(O)CC3)cc2)cc1C. The molecule has 1 saturated heterocycles. The molecule has 1 fully saturated rings. The Bertz CT molecular complexity index is 997. The van der Waals surface area contributed by atoms with Crippen LogP contribution in [0.5, 0.6) is 5.75 Å². The molecule has 0 bridgehead atoms. The predicted molar refractivity (Wildman–Crippen MR) is 120 cm³/mol. The summed E-state index contributed by atoms with van der Waals surface area (Å²) in [7, 11) is -3.74. The zero-order valence-electron chi connectivity index (χ0n) is 18.0. The first kappa shape index (κ1) is 23.1. The molecule has 0 aliphatic carbocycles. The van der Waals surface area contributed by atoms with Gasteiger partial charge in [-0.05, 0) is 67.6 Å². The third-order valence-electron chi connectivity index (χ3n) is 5.30. The lowest BCUT2D eigenvalue weighted by atomic mass is 10.1. The molecule has 0 saturated carbocycles. The quantitative estimate of drug-likeness (QED) is 0.650. The van der Waals surface area contributed by atoms with E-state index in [0.717, 1.165) is 17.5 Å². The number of hydrogen-bond donors (Lipinski definition) is 2. The molecule has 0 unspecified atom stereocenters. The van der Waals surface area contributed by atoms with Crippen molar-refractivity contribution < 1.29 is 23.1 Å². The van der Waals surface area contributed by atoms with E-state index in [4.69, 9.17) is 4.74 Å². The van der Waals surface area contributed by atoms with Crippen LogP contribution < -0.4 is 9.46 Å². The lowest BCUT2D eigenvalue weighted by Crippen LogP contribution is -2.40. The third-order valence-corrected chi connectivity index (χ3v) is 6.68. The molecule has 0 radical (unpaired) electrons. The molecule has 7 nitrogen and oxygen atoms in total. The average Bonchev–Trinajstić information content (AvgIpc) is 2.74. The monoisotopic (exact) mass is 446 g/mol. The topological polar surface area (TPSA) is 95.9 Å². The molecule has 1 aliphatic rings. The Hall–Kier alpha value is -2.58. The van der Waals surface area contributed by atoms with Crippen molar-refractivity contribution in [3.8, 4) is 5.75 Å². The maximum absolute atomic E-state index is 12.7. The van der Waals surface area contributed by atoms with E-state index >= 15 is 0 Å². The molecule has 3 rings (SSSR count). The van der Waals surface area contributed by atoms with Gasteiger partial charge in [0.15, 0.2) is 0 Å². The number of aryl methyl sites for hydroxylation is 1. The lowest BCUT2D eigenvalue weighted by Gasteiger charge is -2.29. The van der Waals surface area contributed by atoms with Gasteiger partial charge in [-0.1, -0.05) is 19.1 Å². The second kappa shape index (κ2) is 10.2. The molecular weight excluding hydrogens is 416 g/mol. The van der Waals surface area contributed by atoms with Crippen LogP contribution in [0.4, 0.5) is 5.69 Å². The first-order chi connectivity index (χ1) is 14.8. The average molecular weight is 447 g/mol. The zero-order chi connectivity index (χ0) is 22.4. The number of ether oxygens (including phenoxy) is 1. The molecule has 31 heavy (non-hydrogen) atoms. The predicted octanol–water partition coefficient (Wildman–Crippen LogP) is 3.11. The number of piperidine rings is 1. The minimum Gasteiger partial charge on any atom is -0.493 e. The normalized spacial score (nSPS) is 15.0. The Morgan fingerprint density at radius 3 is 2.45 bits per heavy atom. The summed E-state index contributed by atoms with van der Waals surface area (Å²) in [6, 6.07) is 11.6. The number of amides is 1. The van der Waals surface area contributed by atoms with Crippen molar-refractivity contribution >= 4 is 21.6 Å². The number of aliphatic hydroxyl groups is 1. The van der Waals surface area contributed by atoms with Crippen molar-refractivity contribution in [2.75, 3.05) is 24.4 Å². The van der Waals surface area contributed by atoms with Crippen molar-refractivity contribution in [2.24, 2.45) is 0 Å². The van der Waals surface area contributed by atoms with E-state index in [1.807, 2.05) is 13.8 Å². The van der Waals surface area contributed by atoms with Crippen LogP contribution in [0.15, 0.2) is 47.4 Å². The van der Waals surface area contributed by atoms with Gasteiger partial charge in [0.2, 0.25) is 5.91 Å². The van der Waals surface area contributed by atoms with Crippen molar-refractivity contribution in [3.63, 3.8) is 0 Å². The number of nitrogens with zero attached hydrogens (tertiary/aromatic N) is 1. The van der Waals surface area contributed by atoms with E-state index in [1.54, 1.807) is 41.3 Å². The number of hydrogen-bond acceptors (Lipinski definition) is 5. The number of nitrogens with one attached hydrogen (secondary N) is 1. The maximum atomic E-state index is 12.7. The Kier molecular flexibility index (Phi) is 7.56. The van der Waals surface area contributed by atoms with Gasteiger partial charge in [0.25, 0.3) is 10.0 Å². The second-order valence-electron chi connectivity index (χ2n) is 7.87. The van der Waals surface area contributed by atoms with Gasteiger partial charge < -0.3 is 14.7 Å². The van der Waals surface area contributed by atoms with Crippen LogP contribution in [0.2, 0.25) is 0 Å². The van der Waals surface area contributed by atoms with Crippen molar-refractivity contribution in [1.29, 1.82) is 0 Å². The highest BCUT2D eigenvalue weighted by atomic mass is 32.2. The fourth-order valence-corrected chi connectivity index (χ4v) is 4.61. The van der Waals surface area contributed by atoms with E-state index in [2.05, 4.69) is 4.72 Å². The van der Waals surface area contributed by atoms with Gasteiger partial charge in [-0.2, -0.15) is 0 Å². The summed E-state index contributed by atoms with van der Waals surface area (Å²) in [5.74, 6) is 0.694. The van der Waals surface area contributed by atoms with E-state index in [-0.39, 0.29) is 23.3 Å². The van der Waals surface area contributed by atoms with Crippen LogP contribution in [-0.4, -0.2) is 50.1 Å². The fourth-order valence-electron chi connectivity index (χ4n) is 3.47. The molecule has 2 aromatic carbocycles. The van der Waals surface area contributed by atoms with Gasteiger partial charge in [-0.3, -0.25) is 9.52 Å². The van der Waals surface area contributed by atoms with Gasteiger partial charge in [0.1, 0.15) is 5.75 Å². The molecule has 168 valence electrons. The summed E-state index contributed by atoms with van der Waals surface area (Å²) >= 11 is 0. The maximum Gasteiger partial charge on any atom is 0.261 e. The van der Waals surface area contributed by atoms with Crippen molar-refractivity contribution in [2.45, 2.75) is 50.5 Å². The smallest absolute Gasteiger partial charge is 0.261 e. The summed E-state index contributed by atoms with van der Waals surface area (Å²) < 4.78 is 33.7. The Morgan fingerprint density at radius 2 is 1.84 bits per heavy atom. The number of sulfonamides is 1. The molecule has 1 amide bonds. The highest BCUT2D eigenvalue weighted by Gasteiger charge is 2.21. The van der Waals surface area contributed by atoms with E-state index < -0.39 is 10.0 Å². The Labute approximate surface area is 184 Å². The number of rotatable bonds is 8. The number of benzene rings is 2. The van der Waals surface area contributed by atoms with E-state index in [0.29, 0.717) is 44.0 Å². The van der Waals surface area contributed by atoms with Crippen LogP contribution in [0.1, 0.15) is 37.3 Å². The van der Waals surface area contributed by atoms with Crippen LogP contribution >= 0.6 is 0 Å². The lowest BCUT2D eigenvalue weighted by molar-refractivity contribution is -0.132. The minimum absolute atomic E-state index is 0.0149. The number of carbonyl (C=O) groups is 1. The largest absolute Gasteiger partial charge is 0.493 e. The summed E-state index contributed by atoms with van der Waals surface area (Å²) in [5, 5.41) is 9.57. The standard InChI is InChI=1S/C23H30N2O5S/c1-3-14-30-22-9-8-21(15-17(22)2)31(28,29)24-19-6-4-18(5-7-19)16-23(27)25-12-10-20(26)11-13-25/h4-9,15,20,24,26H,3,10-14,16H2,1-2H3. The molecule has 1 heterocycles.